The minimum Gasteiger partial charge on any atom is -0.460 e. The number of alkyl carbamates (subject to hydrolysis) is 1. The molecule has 1 heterocycles. The van der Waals surface area contributed by atoms with Crippen LogP contribution in [0, 0.1) is 5.92 Å². The molecule has 0 saturated heterocycles. The van der Waals surface area contributed by atoms with Crippen LogP contribution in [0.25, 0.3) is 0 Å². The normalized spacial score (nSPS) is 13.2. The van der Waals surface area contributed by atoms with Crippen LogP contribution in [0.15, 0.2) is 36.9 Å². The van der Waals surface area contributed by atoms with Gasteiger partial charge in [0, 0.05) is 0 Å². The van der Waals surface area contributed by atoms with Gasteiger partial charge in [-0.3, -0.25) is 0 Å². The summed E-state index contributed by atoms with van der Waals surface area (Å²) in [5.74, 6) is -0.0461. The van der Waals surface area contributed by atoms with Crippen molar-refractivity contribution >= 4 is 12.1 Å². The monoisotopic (exact) mass is 402 g/mol. The summed E-state index contributed by atoms with van der Waals surface area (Å²) in [5, 5.41) is 6.71. The molecule has 2 rings (SSSR count). The molecule has 2 aromatic rings. The summed E-state index contributed by atoms with van der Waals surface area (Å²) in [7, 11) is 0. The molecule has 1 N–H and O–H groups in total. The second-order valence-electron chi connectivity index (χ2n) is 7.70. The Kier molecular flexibility index (Phi) is 8.18. The van der Waals surface area contributed by atoms with E-state index in [0.717, 1.165) is 12.0 Å². The number of nitrogens with one attached hydrogen (secondary N) is 1. The lowest BCUT2D eigenvalue weighted by atomic mass is 10.00. The summed E-state index contributed by atoms with van der Waals surface area (Å²) >= 11 is 0. The van der Waals surface area contributed by atoms with E-state index in [1.165, 1.54) is 22.9 Å². The second kappa shape index (κ2) is 10.6. The van der Waals surface area contributed by atoms with Crippen LogP contribution >= 0.6 is 0 Å². The maximum absolute atomic E-state index is 12.4. The minimum absolute atomic E-state index is 0.0251. The molecule has 0 bridgehead atoms. The zero-order chi connectivity index (χ0) is 21.4. The number of rotatable bonds is 9. The van der Waals surface area contributed by atoms with Gasteiger partial charge in [-0.05, 0) is 44.2 Å². The first kappa shape index (κ1) is 22.4. The number of hydrogen-bond acceptors (Lipinski definition) is 6. The van der Waals surface area contributed by atoms with E-state index in [2.05, 4.69) is 41.4 Å². The molecule has 2 atom stereocenters. The molecular weight excluding hydrogens is 372 g/mol. The fraction of sp³-hybridized carbons (Fsp3) is 0.524. The van der Waals surface area contributed by atoms with Gasteiger partial charge < -0.3 is 14.8 Å². The van der Waals surface area contributed by atoms with Crippen LogP contribution in [0.4, 0.5) is 4.79 Å². The lowest BCUT2D eigenvalue weighted by Crippen LogP contribution is -2.38. The van der Waals surface area contributed by atoms with E-state index in [1.807, 2.05) is 19.1 Å². The first-order valence-corrected chi connectivity index (χ1v) is 9.83. The number of carbonyl (C=O) groups is 2. The Morgan fingerprint density at radius 1 is 1.07 bits per heavy atom. The first-order valence-electron chi connectivity index (χ1n) is 9.83. The van der Waals surface area contributed by atoms with Crippen LogP contribution in [0.1, 0.15) is 51.8 Å². The number of hydrogen-bond donors (Lipinski definition) is 1. The zero-order valence-electron chi connectivity index (χ0n) is 17.7. The molecule has 0 aliphatic heterocycles. The van der Waals surface area contributed by atoms with E-state index in [-0.39, 0.29) is 18.7 Å². The van der Waals surface area contributed by atoms with Crippen molar-refractivity contribution in [1.82, 2.24) is 20.1 Å². The molecule has 8 nitrogen and oxygen atoms in total. The molecule has 158 valence electrons. The lowest BCUT2D eigenvalue weighted by molar-refractivity contribution is -0.158. The van der Waals surface area contributed by atoms with Crippen molar-refractivity contribution in [3.63, 3.8) is 0 Å². The fourth-order valence-corrected chi connectivity index (χ4v) is 2.80. The molecular formula is C21H30N4O4. The SMILES string of the molecule is CC(C)Cc1ccc([C@H](C)NC(=O)O[C@H](Cn2cncn2)C(=O)OC(C)C)cc1. The molecule has 0 spiro atoms. The van der Waals surface area contributed by atoms with E-state index in [4.69, 9.17) is 9.47 Å². The second-order valence-corrected chi connectivity index (χ2v) is 7.70. The highest BCUT2D eigenvalue weighted by Gasteiger charge is 2.27. The average molecular weight is 402 g/mol. The van der Waals surface area contributed by atoms with Gasteiger partial charge in [0.1, 0.15) is 12.7 Å². The summed E-state index contributed by atoms with van der Waals surface area (Å²) in [4.78, 5) is 28.5. The van der Waals surface area contributed by atoms with Crippen molar-refractivity contribution in [1.29, 1.82) is 0 Å². The van der Waals surface area contributed by atoms with Crippen LogP contribution in [-0.4, -0.2) is 39.0 Å². The summed E-state index contributed by atoms with van der Waals surface area (Å²) < 4.78 is 11.9. The Balaban J connectivity index is 1.97. The van der Waals surface area contributed by atoms with Gasteiger partial charge in [0.25, 0.3) is 0 Å². The van der Waals surface area contributed by atoms with E-state index in [9.17, 15) is 9.59 Å². The third-order valence-corrected chi connectivity index (χ3v) is 4.14. The fourth-order valence-electron chi connectivity index (χ4n) is 2.80. The van der Waals surface area contributed by atoms with Crippen molar-refractivity contribution < 1.29 is 19.1 Å². The molecule has 1 amide bonds. The quantitative estimate of drug-likeness (QED) is 0.647. The Hall–Kier alpha value is -2.90. The van der Waals surface area contributed by atoms with E-state index >= 15 is 0 Å². The Labute approximate surface area is 171 Å². The third kappa shape index (κ3) is 7.56. The number of amides is 1. The van der Waals surface area contributed by atoms with Crippen LogP contribution in [0.2, 0.25) is 0 Å². The topological polar surface area (TPSA) is 95.3 Å². The van der Waals surface area contributed by atoms with Gasteiger partial charge >= 0.3 is 12.1 Å². The minimum atomic E-state index is -1.13. The number of carbonyl (C=O) groups excluding carboxylic acids is 2. The van der Waals surface area contributed by atoms with Crippen molar-refractivity contribution in [3.8, 4) is 0 Å². The summed E-state index contributed by atoms with van der Waals surface area (Å²) in [5.41, 5.74) is 2.20. The summed E-state index contributed by atoms with van der Waals surface area (Å²) in [6, 6.07) is 7.83. The summed E-state index contributed by atoms with van der Waals surface area (Å²) in [6.07, 6.45) is 1.64. The molecule has 0 aliphatic rings. The highest BCUT2D eigenvalue weighted by Crippen LogP contribution is 2.16. The Morgan fingerprint density at radius 2 is 1.76 bits per heavy atom. The van der Waals surface area contributed by atoms with Gasteiger partial charge in [-0.1, -0.05) is 38.1 Å². The zero-order valence-corrected chi connectivity index (χ0v) is 17.7. The highest BCUT2D eigenvalue weighted by molar-refractivity contribution is 5.79. The average Bonchev–Trinajstić information content (AvgIpc) is 3.13. The maximum Gasteiger partial charge on any atom is 0.408 e. The van der Waals surface area contributed by atoms with E-state index in [0.29, 0.717) is 5.92 Å². The first-order chi connectivity index (χ1) is 13.7. The van der Waals surface area contributed by atoms with Crippen LogP contribution in [0.3, 0.4) is 0 Å². The van der Waals surface area contributed by atoms with Gasteiger partial charge in [0.15, 0.2) is 0 Å². The van der Waals surface area contributed by atoms with Crippen LogP contribution in [0.5, 0.6) is 0 Å². The number of benzene rings is 1. The van der Waals surface area contributed by atoms with Crippen molar-refractivity contribution in [2.24, 2.45) is 5.92 Å². The number of aromatic nitrogens is 3. The summed E-state index contributed by atoms with van der Waals surface area (Å²) in [6.45, 7) is 9.70. The number of nitrogens with zero attached hydrogens (tertiary/aromatic N) is 3. The highest BCUT2D eigenvalue weighted by atomic mass is 16.6. The molecule has 0 fully saturated rings. The van der Waals surface area contributed by atoms with Gasteiger partial charge in [-0.25, -0.2) is 19.3 Å². The molecule has 0 radical (unpaired) electrons. The molecule has 29 heavy (non-hydrogen) atoms. The maximum atomic E-state index is 12.4. The number of esters is 1. The van der Waals surface area contributed by atoms with E-state index in [1.54, 1.807) is 13.8 Å². The van der Waals surface area contributed by atoms with Gasteiger partial charge in [-0.2, -0.15) is 5.10 Å². The molecule has 1 aromatic heterocycles. The van der Waals surface area contributed by atoms with E-state index < -0.39 is 18.2 Å². The van der Waals surface area contributed by atoms with Crippen LogP contribution in [-0.2, 0) is 27.2 Å². The Bertz CT molecular complexity index is 772. The molecule has 0 saturated carbocycles. The Morgan fingerprint density at radius 3 is 2.31 bits per heavy atom. The van der Waals surface area contributed by atoms with Crippen molar-refractivity contribution in [2.45, 2.75) is 65.8 Å². The lowest BCUT2D eigenvalue weighted by Gasteiger charge is -2.20. The third-order valence-electron chi connectivity index (χ3n) is 4.14. The van der Waals surface area contributed by atoms with Gasteiger partial charge in [0.05, 0.1) is 18.7 Å². The molecule has 8 heteroatoms. The standard InChI is InChI=1S/C21H30N4O4/c1-14(2)10-17-6-8-18(9-7-17)16(5)24-21(27)29-19(20(26)28-15(3)4)11-25-13-22-12-23-25/h6-9,12-16,19H,10-11H2,1-5H3,(H,24,27)/t16-,19+/m0/s1. The largest absolute Gasteiger partial charge is 0.460 e. The smallest absolute Gasteiger partial charge is 0.408 e. The predicted molar refractivity (Wildman–Crippen MR) is 108 cm³/mol. The number of ether oxygens (including phenoxy) is 2. The molecule has 0 aliphatic carbocycles. The molecule has 1 aromatic carbocycles. The van der Waals surface area contributed by atoms with Gasteiger partial charge in [-0.15, -0.1) is 0 Å². The van der Waals surface area contributed by atoms with Crippen molar-refractivity contribution in [2.75, 3.05) is 0 Å². The van der Waals surface area contributed by atoms with Gasteiger partial charge in [0.2, 0.25) is 6.10 Å². The predicted octanol–water partition coefficient (Wildman–Crippen LogP) is 3.28. The van der Waals surface area contributed by atoms with Crippen molar-refractivity contribution in [3.05, 3.63) is 48.0 Å². The molecule has 0 unspecified atom stereocenters. The van der Waals surface area contributed by atoms with Crippen LogP contribution < -0.4 is 5.32 Å².